The van der Waals surface area contributed by atoms with Gasteiger partial charge in [-0.3, -0.25) is 0 Å². The number of hydrogen-bond donors (Lipinski definition) is 0. The van der Waals surface area contributed by atoms with Crippen molar-refractivity contribution in [1.82, 2.24) is 0 Å². The predicted octanol–water partition coefficient (Wildman–Crippen LogP) is 9.24. The molecule has 1 heteroatoms. The molecule has 0 amide bonds. The van der Waals surface area contributed by atoms with E-state index >= 15 is 0 Å². The molecule has 0 saturated heterocycles. The van der Waals surface area contributed by atoms with Gasteiger partial charge in [0.1, 0.15) is 0 Å². The molecule has 0 N–H and O–H groups in total. The lowest BCUT2D eigenvalue weighted by atomic mass is 9.85. The van der Waals surface area contributed by atoms with Crippen molar-refractivity contribution in [2.45, 2.75) is 0 Å². The maximum Gasteiger partial charge on any atom is 0.0254 e. The Morgan fingerprint density at radius 2 is 0.935 bits per heavy atom. The van der Waals surface area contributed by atoms with E-state index in [0.717, 1.165) is 4.47 Å². The van der Waals surface area contributed by atoms with E-state index < -0.39 is 0 Å². The van der Waals surface area contributed by atoms with Crippen LogP contribution in [-0.4, -0.2) is 0 Å². The fourth-order valence-electron chi connectivity index (χ4n) is 4.74. The van der Waals surface area contributed by atoms with Crippen LogP contribution in [0.5, 0.6) is 0 Å². The van der Waals surface area contributed by atoms with Gasteiger partial charge in [-0.25, -0.2) is 0 Å². The van der Waals surface area contributed by atoms with Crippen molar-refractivity contribution >= 4 is 48.2 Å². The first-order valence-corrected chi connectivity index (χ1v) is 11.3. The topological polar surface area (TPSA) is 0 Å². The van der Waals surface area contributed by atoms with Gasteiger partial charge < -0.3 is 0 Å². The van der Waals surface area contributed by atoms with Crippen LogP contribution in [0.2, 0.25) is 0 Å². The third-order valence-corrected chi connectivity index (χ3v) is 6.80. The molecule has 6 aromatic rings. The molecule has 0 aliphatic heterocycles. The average molecular weight is 459 g/mol. The summed E-state index contributed by atoms with van der Waals surface area (Å²) in [4.78, 5) is 0. The largest absolute Gasteiger partial charge is 0.0616 e. The van der Waals surface area contributed by atoms with Crippen molar-refractivity contribution in [2.75, 3.05) is 0 Å². The second kappa shape index (κ2) is 7.37. The monoisotopic (exact) mass is 458 g/mol. The zero-order valence-electron chi connectivity index (χ0n) is 16.8. The molecule has 0 unspecified atom stereocenters. The van der Waals surface area contributed by atoms with Gasteiger partial charge in [0.2, 0.25) is 0 Å². The van der Waals surface area contributed by atoms with Gasteiger partial charge in [-0.05, 0) is 66.7 Å². The van der Waals surface area contributed by atoms with Crippen LogP contribution in [0.4, 0.5) is 0 Å². The highest BCUT2D eigenvalue weighted by atomic mass is 79.9. The molecule has 0 fully saturated rings. The second-order valence-electron chi connectivity index (χ2n) is 7.88. The lowest BCUT2D eigenvalue weighted by molar-refractivity contribution is 1.62. The summed E-state index contributed by atoms with van der Waals surface area (Å²) in [6.45, 7) is 0. The maximum absolute atomic E-state index is 3.80. The summed E-state index contributed by atoms with van der Waals surface area (Å²) < 4.78 is 1.11. The van der Waals surface area contributed by atoms with E-state index in [9.17, 15) is 0 Å². The molecule has 0 heterocycles. The van der Waals surface area contributed by atoms with Crippen LogP contribution >= 0.6 is 15.9 Å². The first-order chi connectivity index (χ1) is 15.3. The van der Waals surface area contributed by atoms with Crippen LogP contribution in [0, 0.1) is 0 Å². The smallest absolute Gasteiger partial charge is 0.0254 e. The third kappa shape index (κ3) is 2.97. The molecule has 0 radical (unpaired) electrons. The highest BCUT2D eigenvalue weighted by Gasteiger charge is 2.17. The quantitative estimate of drug-likeness (QED) is 0.226. The number of hydrogen-bond acceptors (Lipinski definition) is 0. The third-order valence-electron chi connectivity index (χ3n) is 6.11. The Hall–Kier alpha value is -3.42. The van der Waals surface area contributed by atoms with Crippen molar-refractivity contribution < 1.29 is 0 Å². The maximum atomic E-state index is 3.80. The number of halogens is 1. The minimum atomic E-state index is 1.11. The Kier molecular flexibility index (Phi) is 4.36. The highest BCUT2D eigenvalue weighted by Crippen LogP contribution is 2.45. The summed E-state index contributed by atoms with van der Waals surface area (Å²) in [6.07, 6.45) is 0. The first kappa shape index (κ1) is 18.4. The molecular formula is C30H19Br. The lowest BCUT2D eigenvalue weighted by Gasteiger charge is -2.18. The lowest BCUT2D eigenvalue weighted by Crippen LogP contribution is -1.91. The van der Waals surface area contributed by atoms with Gasteiger partial charge >= 0.3 is 0 Å². The zero-order chi connectivity index (χ0) is 20.8. The Bertz CT molecular complexity index is 1540. The van der Waals surface area contributed by atoms with Crippen molar-refractivity contribution in [1.29, 1.82) is 0 Å². The summed E-state index contributed by atoms with van der Waals surface area (Å²) >= 11 is 3.80. The van der Waals surface area contributed by atoms with Gasteiger partial charge in [-0.1, -0.05) is 119 Å². The SMILES string of the molecule is Brc1ccccc1-c1c2ccccc2c(-c2ccc3ccccc3c2)c2ccccc12. The Balaban J connectivity index is 1.79. The van der Waals surface area contributed by atoms with E-state index in [4.69, 9.17) is 0 Å². The zero-order valence-corrected chi connectivity index (χ0v) is 18.4. The first-order valence-electron chi connectivity index (χ1n) is 10.5. The van der Waals surface area contributed by atoms with Crippen LogP contribution in [0.3, 0.4) is 0 Å². The van der Waals surface area contributed by atoms with Crippen LogP contribution < -0.4 is 0 Å². The molecule has 6 rings (SSSR count). The highest BCUT2D eigenvalue weighted by molar-refractivity contribution is 9.10. The van der Waals surface area contributed by atoms with Gasteiger partial charge in [0, 0.05) is 4.47 Å². The Morgan fingerprint density at radius 1 is 0.419 bits per heavy atom. The molecule has 0 aliphatic carbocycles. The van der Waals surface area contributed by atoms with Crippen LogP contribution in [0.1, 0.15) is 0 Å². The molecule has 0 aromatic heterocycles. The van der Waals surface area contributed by atoms with Crippen molar-refractivity contribution in [2.24, 2.45) is 0 Å². The van der Waals surface area contributed by atoms with Crippen molar-refractivity contribution in [3.63, 3.8) is 0 Å². The minimum absolute atomic E-state index is 1.11. The normalized spacial score (nSPS) is 11.4. The Morgan fingerprint density at radius 3 is 1.58 bits per heavy atom. The fourth-order valence-corrected chi connectivity index (χ4v) is 5.22. The van der Waals surface area contributed by atoms with E-state index in [0.29, 0.717) is 0 Å². The van der Waals surface area contributed by atoms with E-state index in [-0.39, 0.29) is 0 Å². The molecule has 0 nitrogen and oxygen atoms in total. The number of rotatable bonds is 2. The molecule has 0 bridgehead atoms. The van der Waals surface area contributed by atoms with E-state index in [1.165, 1.54) is 54.6 Å². The standard InChI is InChI=1S/C30H19Br/c31-28-16-8-7-15-27(28)30-25-13-5-3-11-23(25)29(24-12-4-6-14-26(24)30)22-18-17-20-9-1-2-10-21(20)19-22/h1-19H. The second-order valence-corrected chi connectivity index (χ2v) is 8.74. The average Bonchev–Trinajstić information content (AvgIpc) is 2.83. The van der Waals surface area contributed by atoms with Gasteiger partial charge in [0.25, 0.3) is 0 Å². The molecule has 0 saturated carbocycles. The van der Waals surface area contributed by atoms with E-state index in [1.807, 2.05) is 0 Å². The van der Waals surface area contributed by atoms with Crippen molar-refractivity contribution in [3.05, 3.63) is 120 Å². The molecule has 146 valence electrons. The van der Waals surface area contributed by atoms with Crippen molar-refractivity contribution in [3.8, 4) is 22.3 Å². The summed E-state index contributed by atoms with van der Waals surface area (Å²) in [7, 11) is 0. The van der Waals surface area contributed by atoms with E-state index in [1.54, 1.807) is 0 Å². The van der Waals surface area contributed by atoms with Gasteiger partial charge in [0.05, 0.1) is 0 Å². The van der Waals surface area contributed by atoms with Crippen LogP contribution in [-0.2, 0) is 0 Å². The number of benzene rings is 6. The summed E-state index contributed by atoms with van der Waals surface area (Å²) in [6, 6.07) is 41.5. The predicted molar refractivity (Wildman–Crippen MR) is 138 cm³/mol. The fraction of sp³-hybridized carbons (Fsp3) is 0. The molecule has 0 atom stereocenters. The van der Waals surface area contributed by atoms with Crippen LogP contribution in [0.25, 0.3) is 54.6 Å². The minimum Gasteiger partial charge on any atom is -0.0616 e. The summed E-state index contributed by atoms with van der Waals surface area (Å²) in [5.74, 6) is 0. The number of fused-ring (bicyclic) bond motifs is 3. The Labute approximate surface area is 189 Å². The molecule has 6 aromatic carbocycles. The summed E-state index contributed by atoms with van der Waals surface area (Å²) in [5, 5.41) is 7.64. The van der Waals surface area contributed by atoms with Gasteiger partial charge in [-0.2, -0.15) is 0 Å². The molecule has 31 heavy (non-hydrogen) atoms. The van der Waals surface area contributed by atoms with Gasteiger partial charge in [-0.15, -0.1) is 0 Å². The molecule has 0 aliphatic rings. The summed E-state index contributed by atoms with van der Waals surface area (Å²) in [5.41, 5.74) is 5.06. The van der Waals surface area contributed by atoms with Crippen LogP contribution in [0.15, 0.2) is 120 Å². The van der Waals surface area contributed by atoms with Gasteiger partial charge in [0.15, 0.2) is 0 Å². The molecular weight excluding hydrogens is 440 g/mol. The van der Waals surface area contributed by atoms with E-state index in [2.05, 4.69) is 131 Å². The molecule has 0 spiro atoms.